The first-order valence-electron chi connectivity index (χ1n) is 7.23. The van der Waals surface area contributed by atoms with Crippen LogP contribution in [0.3, 0.4) is 0 Å². The summed E-state index contributed by atoms with van der Waals surface area (Å²) in [5.74, 6) is 0.700. The minimum Gasteiger partial charge on any atom is -0.382 e. The molecule has 3 heteroatoms. The second-order valence-corrected chi connectivity index (χ2v) is 5.16. The quantitative estimate of drug-likeness (QED) is 0.694. The van der Waals surface area contributed by atoms with Crippen LogP contribution in [-0.2, 0) is 15.9 Å². The van der Waals surface area contributed by atoms with E-state index in [1.165, 1.54) is 17.5 Å². The molecule has 0 amide bonds. The van der Waals surface area contributed by atoms with Crippen molar-refractivity contribution in [2.75, 3.05) is 33.5 Å². The topological polar surface area (TPSA) is 30.5 Å². The van der Waals surface area contributed by atoms with Crippen LogP contribution in [0.5, 0.6) is 0 Å². The third-order valence-corrected chi connectivity index (χ3v) is 3.77. The van der Waals surface area contributed by atoms with Gasteiger partial charge < -0.3 is 14.8 Å². The van der Waals surface area contributed by atoms with E-state index in [0.717, 1.165) is 19.6 Å². The standard InChI is InChI=1S/C16H25NO2/c1-3-17-15(12-19-9-8-18-2)11-14-10-13-6-4-5-7-16(13)14/h4-7,14-15,17H,3,8-12H2,1-2H3. The van der Waals surface area contributed by atoms with E-state index in [9.17, 15) is 0 Å². The lowest BCUT2D eigenvalue weighted by Crippen LogP contribution is -2.37. The van der Waals surface area contributed by atoms with Crippen LogP contribution >= 0.6 is 0 Å². The predicted octanol–water partition coefficient (Wildman–Crippen LogP) is 2.36. The summed E-state index contributed by atoms with van der Waals surface area (Å²) < 4.78 is 10.7. The average molecular weight is 263 g/mol. The number of likely N-dealkylation sites (N-methyl/N-ethyl adjacent to an activating group) is 1. The van der Waals surface area contributed by atoms with Crippen LogP contribution in [0.4, 0.5) is 0 Å². The van der Waals surface area contributed by atoms with Crippen molar-refractivity contribution in [1.29, 1.82) is 0 Å². The Bertz CT molecular complexity index is 381. The summed E-state index contributed by atoms with van der Waals surface area (Å²) in [5.41, 5.74) is 3.05. The molecule has 0 radical (unpaired) electrons. The summed E-state index contributed by atoms with van der Waals surface area (Å²) in [7, 11) is 1.70. The number of nitrogens with one attached hydrogen (secondary N) is 1. The van der Waals surface area contributed by atoms with Crippen LogP contribution < -0.4 is 5.32 Å². The van der Waals surface area contributed by atoms with E-state index in [1.54, 1.807) is 7.11 Å². The van der Waals surface area contributed by atoms with E-state index in [1.807, 2.05) is 0 Å². The van der Waals surface area contributed by atoms with Crippen LogP contribution in [0.25, 0.3) is 0 Å². The minimum atomic E-state index is 0.445. The molecule has 1 aliphatic rings. The lowest BCUT2D eigenvalue weighted by Gasteiger charge is -2.33. The van der Waals surface area contributed by atoms with Gasteiger partial charge in [0.1, 0.15) is 0 Å². The Morgan fingerprint density at radius 2 is 2.16 bits per heavy atom. The van der Waals surface area contributed by atoms with Gasteiger partial charge in [-0.1, -0.05) is 31.2 Å². The fraction of sp³-hybridized carbons (Fsp3) is 0.625. The number of hydrogen-bond acceptors (Lipinski definition) is 3. The Morgan fingerprint density at radius 3 is 2.89 bits per heavy atom. The maximum absolute atomic E-state index is 5.66. The van der Waals surface area contributed by atoms with Crippen LogP contribution in [-0.4, -0.2) is 39.5 Å². The molecule has 0 aliphatic heterocycles. The zero-order valence-electron chi connectivity index (χ0n) is 12.0. The predicted molar refractivity (Wildman–Crippen MR) is 77.7 cm³/mol. The molecular formula is C16H25NO2. The minimum absolute atomic E-state index is 0.445. The monoisotopic (exact) mass is 263 g/mol. The average Bonchev–Trinajstić information content (AvgIpc) is 2.40. The molecule has 0 aromatic heterocycles. The third kappa shape index (κ3) is 4.03. The molecule has 0 saturated heterocycles. The molecule has 0 fully saturated rings. The van der Waals surface area contributed by atoms with E-state index in [0.29, 0.717) is 25.2 Å². The number of ether oxygens (including phenoxy) is 2. The van der Waals surface area contributed by atoms with Crippen molar-refractivity contribution in [2.45, 2.75) is 31.7 Å². The number of fused-ring (bicyclic) bond motifs is 1. The van der Waals surface area contributed by atoms with E-state index < -0.39 is 0 Å². The molecule has 1 aromatic rings. The highest BCUT2D eigenvalue weighted by Crippen LogP contribution is 2.37. The molecule has 0 saturated carbocycles. The van der Waals surface area contributed by atoms with E-state index in [-0.39, 0.29) is 0 Å². The maximum atomic E-state index is 5.66. The molecule has 3 nitrogen and oxygen atoms in total. The summed E-state index contributed by atoms with van der Waals surface area (Å²) in [6, 6.07) is 9.22. The Labute approximate surface area is 116 Å². The molecular weight excluding hydrogens is 238 g/mol. The second-order valence-electron chi connectivity index (χ2n) is 5.16. The highest BCUT2D eigenvalue weighted by atomic mass is 16.5. The van der Waals surface area contributed by atoms with Crippen molar-refractivity contribution in [1.82, 2.24) is 5.32 Å². The lowest BCUT2D eigenvalue weighted by atomic mass is 9.74. The van der Waals surface area contributed by atoms with Gasteiger partial charge in [-0.2, -0.15) is 0 Å². The normalized spacial score (nSPS) is 18.7. The fourth-order valence-corrected chi connectivity index (χ4v) is 2.78. The highest BCUT2D eigenvalue weighted by molar-refractivity contribution is 5.39. The van der Waals surface area contributed by atoms with Crippen LogP contribution in [0.1, 0.15) is 30.4 Å². The Kier molecular flexibility index (Phi) is 5.83. The van der Waals surface area contributed by atoms with Gasteiger partial charge in [0, 0.05) is 13.2 Å². The van der Waals surface area contributed by atoms with E-state index >= 15 is 0 Å². The Balaban J connectivity index is 1.78. The molecule has 1 aromatic carbocycles. The van der Waals surface area contributed by atoms with Gasteiger partial charge in [0.2, 0.25) is 0 Å². The van der Waals surface area contributed by atoms with Crippen molar-refractivity contribution >= 4 is 0 Å². The summed E-state index contributed by atoms with van der Waals surface area (Å²) >= 11 is 0. The molecule has 1 aliphatic carbocycles. The first kappa shape index (κ1) is 14.5. The zero-order valence-corrected chi connectivity index (χ0v) is 12.0. The molecule has 2 unspecified atom stereocenters. The van der Waals surface area contributed by atoms with Gasteiger partial charge in [-0.05, 0) is 36.4 Å². The summed E-state index contributed by atoms with van der Waals surface area (Å²) in [5, 5.41) is 3.52. The lowest BCUT2D eigenvalue weighted by molar-refractivity contribution is 0.0563. The fourth-order valence-electron chi connectivity index (χ4n) is 2.78. The summed E-state index contributed by atoms with van der Waals surface area (Å²) in [4.78, 5) is 0. The third-order valence-electron chi connectivity index (χ3n) is 3.77. The first-order valence-corrected chi connectivity index (χ1v) is 7.23. The van der Waals surface area contributed by atoms with E-state index in [2.05, 4.69) is 36.5 Å². The summed E-state index contributed by atoms with van der Waals surface area (Å²) in [6.07, 6.45) is 2.38. The Morgan fingerprint density at radius 1 is 1.32 bits per heavy atom. The first-order chi connectivity index (χ1) is 9.35. The molecule has 2 rings (SSSR count). The molecule has 106 valence electrons. The van der Waals surface area contributed by atoms with Crippen molar-refractivity contribution in [3.05, 3.63) is 35.4 Å². The van der Waals surface area contributed by atoms with Gasteiger partial charge in [0.25, 0.3) is 0 Å². The molecule has 0 heterocycles. The number of methoxy groups -OCH3 is 1. The molecule has 19 heavy (non-hydrogen) atoms. The summed E-state index contributed by atoms with van der Waals surface area (Å²) in [6.45, 7) is 5.27. The molecule has 0 bridgehead atoms. The van der Waals surface area contributed by atoms with Crippen molar-refractivity contribution < 1.29 is 9.47 Å². The second kappa shape index (κ2) is 7.63. The van der Waals surface area contributed by atoms with Crippen LogP contribution in [0, 0.1) is 0 Å². The van der Waals surface area contributed by atoms with Gasteiger partial charge in [-0.15, -0.1) is 0 Å². The smallest absolute Gasteiger partial charge is 0.0701 e. The zero-order chi connectivity index (χ0) is 13.5. The Hall–Kier alpha value is -0.900. The van der Waals surface area contributed by atoms with Gasteiger partial charge in [0.05, 0.1) is 19.8 Å². The van der Waals surface area contributed by atoms with E-state index in [4.69, 9.17) is 9.47 Å². The molecule has 1 N–H and O–H groups in total. The SMILES string of the molecule is CCNC(COCCOC)CC1Cc2ccccc21. The van der Waals surface area contributed by atoms with Gasteiger partial charge in [-0.25, -0.2) is 0 Å². The number of hydrogen-bond donors (Lipinski definition) is 1. The van der Waals surface area contributed by atoms with Crippen LogP contribution in [0.2, 0.25) is 0 Å². The van der Waals surface area contributed by atoms with Gasteiger partial charge in [-0.3, -0.25) is 0 Å². The van der Waals surface area contributed by atoms with Crippen LogP contribution in [0.15, 0.2) is 24.3 Å². The van der Waals surface area contributed by atoms with Gasteiger partial charge in [0.15, 0.2) is 0 Å². The van der Waals surface area contributed by atoms with Gasteiger partial charge >= 0.3 is 0 Å². The largest absolute Gasteiger partial charge is 0.382 e. The molecule has 0 spiro atoms. The van der Waals surface area contributed by atoms with Crippen molar-refractivity contribution in [2.24, 2.45) is 0 Å². The number of rotatable bonds is 9. The maximum Gasteiger partial charge on any atom is 0.0701 e. The number of benzene rings is 1. The molecule has 2 atom stereocenters. The van der Waals surface area contributed by atoms with Crippen molar-refractivity contribution in [3.63, 3.8) is 0 Å². The van der Waals surface area contributed by atoms with Crippen molar-refractivity contribution in [3.8, 4) is 0 Å². The highest BCUT2D eigenvalue weighted by Gasteiger charge is 2.27.